The van der Waals surface area contributed by atoms with Crippen LogP contribution in [0.15, 0.2) is 0 Å². The topological polar surface area (TPSA) is 81.0 Å². The number of rotatable bonds is 4. The number of amides is 1. The maximum atomic E-state index is 13.5. The summed E-state index contributed by atoms with van der Waals surface area (Å²) in [6.07, 6.45) is -5.04. The van der Waals surface area contributed by atoms with Crippen molar-refractivity contribution in [2.24, 2.45) is 5.41 Å². The fraction of sp³-hybridized carbons (Fsp3) is 0.889. The second-order valence-corrected chi connectivity index (χ2v) is 3.99. The number of hydrogen-bond donors (Lipinski definition) is 3. The molecule has 1 aliphatic rings. The molecule has 0 radical (unpaired) electrons. The van der Waals surface area contributed by atoms with Gasteiger partial charge in [-0.15, -0.1) is 0 Å². The quantitative estimate of drug-likeness (QED) is 0.646. The number of carboxylic acid groups (broad SMARTS) is 1. The van der Waals surface area contributed by atoms with Gasteiger partial charge >= 0.3 is 6.09 Å². The van der Waals surface area contributed by atoms with Crippen molar-refractivity contribution in [3.63, 3.8) is 0 Å². The third-order valence-electron chi connectivity index (χ3n) is 3.17. The lowest BCUT2D eigenvalue weighted by molar-refractivity contribution is -0.0277. The summed E-state index contributed by atoms with van der Waals surface area (Å²) in [5.41, 5.74) is -1.62. The van der Waals surface area contributed by atoms with Crippen LogP contribution in [0.2, 0.25) is 0 Å². The van der Waals surface area contributed by atoms with Crippen LogP contribution >= 0.6 is 0 Å². The van der Waals surface area contributed by atoms with Crippen LogP contribution in [0.25, 0.3) is 0 Å². The van der Waals surface area contributed by atoms with Crippen molar-refractivity contribution in [1.82, 2.24) is 4.90 Å². The lowest BCUT2D eigenvalue weighted by atomic mass is 9.78. The third-order valence-corrected chi connectivity index (χ3v) is 3.17. The van der Waals surface area contributed by atoms with E-state index in [1.165, 1.54) is 0 Å². The summed E-state index contributed by atoms with van der Waals surface area (Å²) >= 11 is 0. The maximum absolute atomic E-state index is 13.5. The number of carbonyl (C=O) groups is 1. The summed E-state index contributed by atoms with van der Waals surface area (Å²) < 4.78 is 27.1. The molecule has 0 spiro atoms. The Kier molecular flexibility index (Phi) is 4.03. The Hall–Kier alpha value is -0.950. The molecule has 1 rings (SSSR count). The van der Waals surface area contributed by atoms with E-state index in [0.29, 0.717) is 0 Å². The molecule has 2 atom stereocenters. The fourth-order valence-electron chi connectivity index (χ4n) is 2.09. The van der Waals surface area contributed by atoms with Crippen LogP contribution in [-0.2, 0) is 0 Å². The van der Waals surface area contributed by atoms with E-state index in [1.807, 2.05) is 0 Å². The van der Waals surface area contributed by atoms with Crippen LogP contribution in [0, 0.1) is 5.41 Å². The van der Waals surface area contributed by atoms with Gasteiger partial charge in [-0.05, 0) is 6.42 Å². The average molecular weight is 239 g/mol. The molecule has 0 aromatic heterocycles. The maximum Gasteiger partial charge on any atom is 0.407 e. The molecule has 1 aliphatic heterocycles. The van der Waals surface area contributed by atoms with Gasteiger partial charge in [0.25, 0.3) is 0 Å². The monoisotopic (exact) mass is 239 g/mol. The van der Waals surface area contributed by atoms with Gasteiger partial charge < -0.3 is 20.2 Å². The minimum Gasteiger partial charge on any atom is -0.465 e. The Bertz CT molecular complexity index is 254. The van der Waals surface area contributed by atoms with Gasteiger partial charge in [-0.25, -0.2) is 13.6 Å². The van der Waals surface area contributed by atoms with Crippen LogP contribution < -0.4 is 0 Å². The zero-order valence-corrected chi connectivity index (χ0v) is 8.64. The predicted octanol–water partition coefficient (Wildman–Crippen LogP) is 0.0173. The number of halogens is 2. The van der Waals surface area contributed by atoms with Crippen molar-refractivity contribution in [2.45, 2.75) is 18.8 Å². The average Bonchev–Trinajstić information content (AvgIpc) is 2.73. The van der Waals surface area contributed by atoms with Gasteiger partial charge in [-0.1, -0.05) is 0 Å². The molecule has 1 amide bonds. The number of alkyl halides is 2. The number of nitrogens with zero attached hydrogens (tertiary/aromatic N) is 1. The number of hydrogen-bond acceptors (Lipinski definition) is 3. The van der Waals surface area contributed by atoms with E-state index in [1.54, 1.807) is 0 Å². The normalized spacial score (nSPS) is 29.1. The first-order chi connectivity index (χ1) is 7.47. The molecule has 0 aliphatic carbocycles. The van der Waals surface area contributed by atoms with Gasteiger partial charge in [0, 0.05) is 13.1 Å². The zero-order valence-electron chi connectivity index (χ0n) is 8.64. The summed E-state index contributed by atoms with van der Waals surface area (Å²) in [6.45, 7) is -2.09. The predicted molar refractivity (Wildman–Crippen MR) is 50.6 cm³/mol. The van der Waals surface area contributed by atoms with Gasteiger partial charge in [-0.3, -0.25) is 0 Å². The van der Waals surface area contributed by atoms with E-state index < -0.39 is 37.1 Å². The molecule has 1 saturated heterocycles. The first-order valence-electron chi connectivity index (χ1n) is 4.95. The SMILES string of the molecule is O=C(O)N1CCC(C(F)CO)(C(F)CO)C1. The van der Waals surface area contributed by atoms with E-state index in [4.69, 9.17) is 15.3 Å². The van der Waals surface area contributed by atoms with Crippen LogP contribution in [-0.4, -0.2) is 65.0 Å². The van der Waals surface area contributed by atoms with E-state index in [9.17, 15) is 13.6 Å². The molecular formula is C9H15F2NO4. The molecule has 0 bridgehead atoms. The molecular weight excluding hydrogens is 224 g/mol. The van der Waals surface area contributed by atoms with Gasteiger partial charge in [0.05, 0.1) is 18.6 Å². The number of likely N-dealkylation sites (tertiary alicyclic amines) is 1. The van der Waals surface area contributed by atoms with Crippen molar-refractivity contribution >= 4 is 6.09 Å². The van der Waals surface area contributed by atoms with Crippen LogP contribution in [0.4, 0.5) is 13.6 Å². The Morgan fingerprint density at radius 2 is 1.81 bits per heavy atom. The molecule has 16 heavy (non-hydrogen) atoms. The Morgan fingerprint density at radius 3 is 2.12 bits per heavy atom. The molecule has 2 unspecified atom stereocenters. The van der Waals surface area contributed by atoms with E-state index in [2.05, 4.69) is 0 Å². The Morgan fingerprint density at radius 1 is 1.31 bits per heavy atom. The highest BCUT2D eigenvalue weighted by atomic mass is 19.1. The van der Waals surface area contributed by atoms with Gasteiger partial charge in [-0.2, -0.15) is 0 Å². The van der Waals surface area contributed by atoms with Crippen molar-refractivity contribution in [1.29, 1.82) is 0 Å². The molecule has 7 heteroatoms. The molecule has 3 N–H and O–H groups in total. The number of aliphatic hydroxyl groups is 2. The molecule has 0 aromatic carbocycles. The summed E-state index contributed by atoms with van der Waals surface area (Å²) in [7, 11) is 0. The van der Waals surface area contributed by atoms with E-state index in [0.717, 1.165) is 4.90 Å². The van der Waals surface area contributed by atoms with Crippen LogP contribution in [0.5, 0.6) is 0 Å². The second kappa shape index (κ2) is 4.92. The summed E-state index contributed by atoms with van der Waals surface area (Å²) in [5.74, 6) is 0. The third kappa shape index (κ3) is 2.10. The smallest absolute Gasteiger partial charge is 0.407 e. The van der Waals surface area contributed by atoms with Crippen molar-refractivity contribution < 1.29 is 28.9 Å². The second-order valence-electron chi connectivity index (χ2n) is 3.99. The van der Waals surface area contributed by atoms with Crippen molar-refractivity contribution in [3.8, 4) is 0 Å². The van der Waals surface area contributed by atoms with E-state index in [-0.39, 0.29) is 19.5 Å². The fourth-order valence-corrected chi connectivity index (χ4v) is 2.09. The molecule has 1 heterocycles. The zero-order chi connectivity index (χ0) is 12.3. The molecule has 0 aromatic rings. The summed E-state index contributed by atoms with van der Waals surface area (Å²) in [4.78, 5) is 11.6. The first kappa shape index (κ1) is 13.1. The Labute approximate surface area is 91.3 Å². The summed E-state index contributed by atoms with van der Waals surface area (Å²) in [6, 6.07) is 0. The molecule has 0 saturated carbocycles. The Balaban J connectivity index is 2.87. The molecule has 5 nitrogen and oxygen atoms in total. The molecule has 94 valence electrons. The minimum absolute atomic E-state index is 0.0101. The first-order valence-corrected chi connectivity index (χ1v) is 4.95. The number of aliphatic hydroxyl groups excluding tert-OH is 2. The van der Waals surface area contributed by atoms with Gasteiger partial charge in [0.2, 0.25) is 0 Å². The van der Waals surface area contributed by atoms with Crippen molar-refractivity contribution in [3.05, 3.63) is 0 Å². The summed E-state index contributed by atoms with van der Waals surface area (Å²) in [5, 5.41) is 26.2. The lowest BCUT2D eigenvalue weighted by Crippen LogP contribution is -2.47. The van der Waals surface area contributed by atoms with E-state index >= 15 is 0 Å². The largest absolute Gasteiger partial charge is 0.465 e. The molecule has 1 fully saturated rings. The van der Waals surface area contributed by atoms with Crippen molar-refractivity contribution in [2.75, 3.05) is 26.3 Å². The van der Waals surface area contributed by atoms with Gasteiger partial charge in [0.15, 0.2) is 0 Å². The standard InChI is InChI=1S/C9H15F2NO4/c10-6(3-13)9(7(11)4-14)1-2-12(5-9)8(15)16/h6-7,13-14H,1-5H2,(H,15,16). The highest BCUT2D eigenvalue weighted by Gasteiger charge is 2.52. The van der Waals surface area contributed by atoms with Gasteiger partial charge in [0.1, 0.15) is 12.3 Å². The van der Waals surface area contributed by atoms with Crippen LogP contribution in [0.1, 0.15) is 6.42 Å². The minimum atomic E-state index is -1.88. The van der Waals surface area contributed by atoms with Crippen LogP contribution in [0.3, 0.4) is 0 Å². The highest BCUT2D eigenvalue weighted by Crippen LogP contribution is 2.40. The lowest BCUT2D eigenvalue weighted by Gasteiger charge is -2.33. The highest BCUT2D eigenvalue weighted by molar-refractivity contribution is 5.65.